The van der Waals surface area contributed by atoms with Crippen LogP contribution in [0.4, 0.5) is 0 Å². The fraction of sp³-hybridized carbons (Fsp3) is 0.333. The number of Topliss-reactive ketones (excluding diaryl/α,β-unsaturated/α-hetero) is 1. The number of carbonyl (C=O) groups is 1. The molecule has 1 heterocycles. The number of hydrogen-bond donors (Lipinski definition) is 0. The summed E-state index contributed by atoms with van der Waals surface area (Å²) >= 11 is 0. The van der Waals surface area contributed by atoms with Gasteiger partial charge in [-0.1, -0.05) is 117 Å². The van der Waals surface area contributed by atoms with Crippen molar-refractivity contribution in [1.82, 2.24) is 0 Å². The molecule has 0 unspecified atom stereocenters. The molecule has 3 atom stereocenters. The molecule has 0 aromatic heterocycles. The van der Waals surface area contributed by atoms with Crippen LogP contribution in [0.3, 0.4) is 0 Å². The summed E-state index contributed by atoms with van der Waals surface area (Å²) in [6, 6.07) is 29.9. The average molecular weight is 486 g/mol. The molecular weight excluding hydrogens is 450 g/mol. The molecule has 182 valence electrons. The number of hydrogen-bond acceptors (Lipinski definition) is 4. The van der Waals surface area contributed by atoms with E-state index in [1.165, 1.54) is 0 Å². The minimum atomic E-state index is -2.22. The first-order valence-corrected chi connectivity index (χ1v) is 15.2. The molecule has 3 aromatic carbocycles. The Kier molecular flexibility index (Phi) is 7.38. The highest BCUT2D eigenvalue weighted by Crippen LogP contribution is 2.44. The Hall–Kier alpha value is -3.02. The Morgan fingerprint density at radius 3 is 1.94 bits per heavy atom. The number of oxime groups is 1. The lowest BCUT2D eigenvalue weighted by atomic mass is 9.83. The molecule has 0 N–H and O–H groups in total. The highest BCUT2D eigenvalue weighted by atomic mass is 28.4. The van der Waals surface area contributed by atoms with E-state index >= 15 is 0 Å². The molecule has 4 nitrogen and oxygen atoms in total. The Bertz CT molecular complexity index is 1150. The van der Waals surface area contributed by atoms with E-state index in [0.29, 0.717) is 5.56 Å². The van der Waals surface area contributed by atoms with Gasteiger partial charge in [-0.15, -0.1) is 0 Å². The van der Waals surface area contributed by atoms with Crippen LogP contribution in [-0.4, -0.2) is 25.9 Å². The van der Waals surface area contributed by atoms with Gasteiger partial charge >= 0.3 is 0 Å². The summed E-state index contributed by atoms with van der Waals surface area (Å²) in [5, 5.41) is 4.61. The van der Waals surface area contributed by atoms with Crippen LogP contribution in [0.1, 0.15) is 60.7 Å². The zero-order chi connectivity index (χ0) is 25.1. The second-order valence-corrected chi connectivity index (χ2v) is 15.5. The number of benzene rings is 3. The van der Waals surface area contributed by atoms with E-state index in [1.807, 2.05) is 66.7 Å². The minimum Gasteiger partial charge on any atom is -0.408 e. The van der Waals surface area contributed by atoms with Crippen molar-refractivity contribution in [1.29, 1.82) is 0 Å². The minimum absolute atomic E-state index is 0.0118. The SMILES string of the molecule is CC(C)(C)[Si](C)(C)O[C@@H](CC(=O)c1ccccc1)C1=NO[C@H](c2ccccc2)[C@H]1c1ccccc1. The monoisotopic (exact) mass is 485 g/mol. The molecule has 1 aliphatic rings. The third-order valence-corrected chi connectivity index (χ3v) is 11.7. The summed E-state index contributed by atoms with van der Waals surface area (Å²) in [7, 11) is -2.22. The van der Waals surface area contributed by atoms with E-state index in [0.717, 1.165) is 16.8 Å². The normalized spacial score (nSPS) is 19.1. The van der Waals surface area contributed by atoms with Crippen LogP contribution < -0.4 is 0 Å². The fourth-order valence-corrected chi connectivity index (χ4v) is 5.47. The summed E-state index contributed by atoms with van der Waals surface area (Å²) in [5.74, 6) is -0.0936. The molecule has 1 aliphatic heterocycles. The maximum atomic E-state index is 13.4. The maximum absolute atomic E-state index is 13.4. The first-order chi connectivity index (χ1) is 16.7. The summed E-state index contributed by atoms with van der Waals surface area (Å²) in [6.45, 7) is 11.1. The van der Waals surface area contributed by atoms with E-state index in [4.69, 9.17) is 9.26 Å². The van der Waals surface area contributed by atoms with E-state index in [9.17, 15) is 4.79 Å². The van der Waals surface area contributed by atoms with Crippen LogP contribution in [-0.2, 0) is 9.26 Å². The lowest BCUT2D eigenvalue weighted by Crippen LogP contribution is -2.47. The third kappa shape index (κ3) is 5.63. The highest BCUT2D eigenvalue weighted by molar-refractivity contribution is 6.74. The molecule has 0 saturated heterocycles. The van der Waals surface area contributed by atoms with E-state index in [-0.39, 0.29) is 29.3 Å². The lowest BCUT2D eigenvalue weighted by molar-refractivity contribution is 0.0762. The summed E-state index contributed by atoms with van der Waals surface area (Å²) in [5.41, 5.74) is 3.64. The number of ketones is 1. The Labute approximate surface area is 210 Å². The first-order valence-electron chi connectivity index (χ1n) is 12.3. The first kappa shape index (κ1) is 25.1. The molecule has 0 saturated carbocycles. The maximum Gasteiger partial charge on any atom is 0.192 e. The van der Waals surface area contributed by atoms with Crippen LogP contribution in [0.15, 0.2) is 96.2 Å². The van der Waals surface area contributed by atoms with Crippen molar-refractivity contribution < 1.29 is 14.1 Å². The van der Waals surface area contributed by atoms with Crippen molar-refractivity contribution in [3.05, 3.63) is 108 Å². The topological polar surface area (TPSA) is 47.9 Å². The standard InChI is InChI=1S/C30H35NO3Si/c1-30(2,3)35(4,5)34-26(21-25(32)22-15-9-6-10-16-22)28-27(23-17-11-7-12-18-23)29(33-31-28)24-19-13-8-14-20-24/h6-20,26-27,29H,21H2,1-5H3/t26-,27-,29+/m0/s1. The highest BCUT2D eigenvalue weighted by Gasteiger charge is 2.46. The Balaban J connectivity index is 1.74. The third-order valence-electron chi connectivity index (χ3n) is 7.22. The number of carbonyl (C=O) groups excluding carboxylic acids is 1. The molecule has 0 radical (unpaired) electrons. The van der Waals surface area contributed by atoms with Gasteiger partial charge in [-0.2, -0.15) is 0 Å². The van der Waals surface area contributed by atoms with Gasteiger partial charge in [0.2, 0.25) is 0 Å². The molecule has 0 aliphatic carbocycles. The molecule has 35 heavy (non-hydrogen) atoms. The van der Waals surface area contributed by atoms with Crippen LogP contribution in [0.5, 0.6) is 0 Å². The van der Waals surface area contributed by atoms with Gasteiger partial charge in [0, 0.05) is 12.0 Å². The van der Waals surface area contributed by atoms with Gasteiger partial charge in [-0.3, -0.25) is 4.79 Å². The summed E-state index contributed by atoms with van der Waals surface area (Å²) in [4.78, 5) is 19.5. The molecule has 0 bridgehead atoms. The van der Waals surface area contributed by atoms with Gasteiger partial charge in [0.25, 0.3) is 0 Å². The predicted octanol–water partition coefficient (Wildman–Crippen LogP) is 7.56. The van der Waals surface area contributed by atoms with Crippen molar-refractivity contribution in [3.63, 3.8) is 0 Å². The Morgan fingerprint density at radius 2 is 1.40 bits per heavy atom. The molecule has 3 aromatic rings. The lowest BCUT2D eigenvalue weighted by Gasteiger charge is -2.39. The molecule has 4 rings (SSSR count). The van der Waals surface area contributed by atoms with Gasteiger partial charge in [0.15, 0.2) is 20.2 Å². The van der Waals surface area contributed by atoms with Gasteiger partial charge in [-0.05, 0) is 29.3 Å². The molecular formula is C30H35NO3Si. The predicted molar refractivity (Wildman–Crippen MR) is 144 cm³/mol. The van der Waals surface area contributed by atoms with Crippen LogP contribution in [0, 0.1) is 0 Å². The van der Waals surface area contributed by atoms with Crippen molar-refractivity contribution in [2.24, 2.45) is 5.16 Å². The molecule has 5 heteroatoms. The zero-order valence-electron chi connectivity index (χ0n) is 21.3. The summed E-state index contributed by atoms with van der Waals surface area (Å²) < 4.78 is 6.92. The second-order valence-electron chi connectivity index (χ2n) is 10.7. The number of nitrogens with zero attached hydrogens (tertiary/aromatic N) is 1. The van der Waals surface area contributed by atoms with Crippen molar-refractivity contribution in [3.8, 4) is 0 Å². The van der Waals surface area contributed by atoms with Gasteiger partial charge in [-0.25, -0.2) is 0 Å². The van der Waals surface area contributed by atoms with Crippen molar-refractivity contribution >= 4 is 19.8 Å². The van der Waals surface area contributed by atoms with Crippen LogP contribution in [0.25, 0.3) is 0 Å². The second kappa shape index (κ2) is 10.3. The molecule has 0 amide bonds. The van der Waals surface area contributed by atoms with Crippen LogP contribution in [0.2, 0.25) is 18.1 Å². The quantitative estimate of drug-likeness (QED) is 0.244. The number of rotatable bonds is 8. The largest absolute Gasteiger partial charge is 0.408 e. The summed E-state index contributed by atoms with van der Waals surface area (Å²) in [6.07, 6.45) is -0.516. The van der Waals surface area contributed by atoms with E-state index in [2.05, 4.69) is 63.3 Å². The molecule has 0 spiro atoms. The smallest absolute Gasteiger partial charge is 0.192 e. The van der Waals surface area contributed by atoms with Crippen LogP contribution >= 0.6 is 0 Å². The molecule has 0 fully saturated rings. The van der Waals surface area contributed by atoms with Gasteiger partial charge in [0.05, 0.1) is 17.7 Å². The Morgan fingerprint density at radius 1 is 0.886 bits per heavy atom. The van der Waals surface area contributed by atoms with Gasteiger partial charge < -0.3 is 9.26 Å². The zero-order valence-corrected chi connectivity index (χ0v) is 22.3. The van der Waals surface area contributed by atoms with Crippen molar-refractivity contribution in [2.45, 2.75) is 63.5 Å². The fourth-order valence-electron chi connectivity index (χ4n) is 4.20. The van der Waals surface area contributed by atoms with Gasteiger partial charge in [0.1, 0.15) is 0 Å². The average Bonchev–Trinajstić information content (AvgIpc) is 3.30. The van der Waals surface area contributed by atoms with E-state index < -0.39 is 14.4 Å². The van der Waals surface area contributed by atoms with Crippen molar-refractivity contribution in [2.75, 3.05) is 0 Å². The van der Waals surface area contributed by atoms with E-state index in [1.54, 1.807) is 0 Å².